The van der Waals surface area contributed by atoms with Crippen LogP contribution in [0.25, 0.3) is 0 Å². The van der Waals surface area contributed by atoms with Crippen molar-refractivity contribution < 1.29 is 9.59 Å². The van der Waals surface area contributed by atoms with E-state index < -0.39 is 0 Å². The zero-order chi connectivity index (χ0) is 20.6. The molecule has 1 heterocycles. The summed E-state index contributed by atoms with van der Waals surface area (Å²) in [6, 6.07) is 17.1. The Morgan fingerprint density at radius 2 is 1.76 bits per heavy atom. The van der Waals surface area contributed by atoms with Crippen LogP contribution in [0, 0.1) is 0 Å². The summed E-state index contributed by atoms with van der Waals surface area (Å²) in [4.78, 5) is 26.6. The monoisotopic (exact) mass is 390 g/mol. The van der Waals surface area contributed by atoms with Crippen molar-refractivity contribution >= 4 is 23.2 Å². The van der Waals surface area contributed by atoms with Crippen LogP contribution in [0.2, 0.25) is 0 Å². The minimum absolute atomic E-state index is 0.0427. The number of hydrogen-bond donors (Lipinski definition) is 1. The first-order chi connectivity index (χ1) is 14.0. The highest BCUT2D eigenvalue weighted by atomic mass is 16.2. The molecular formula is C23H26N4O2. The molecule has 0 aliphatic carbocycles. The fourth-order valence-corrected chi connectivity index (χ4v) is 3.17. The molecule has 29 heavy (non-hydrogen) atoms. The van der Waals surface area contributed by atoms with E-state index in [2.05, 4.69) is 10.4 Å². The number of aromatic nitrogens is 2. The maximum Gasteiger partial charge on any atom is 0.231 e. The Morgan fingerprint density at radius 1 is 1.03 bits per heavy atom. The number of aryl methyl sites for hydroxylation is 2. The number of amides is 2. The van der Waals surface area contributed by atoms with Gasteiger partial charge in [-0.25, -0.2) is 0 Å². The number of likely N-dealkylation sites (N-methyl/N-ethyl adjacent to an activating group) is 1. The Labute approximate surface area is 171 Å². The van der Waals surface area contributed by atoms with Crippen LogP contribution in [0.15, 0.2) is 67.0 Å². The van der Waals surface area contributed by atoms with Crippen LogP contribution >= 0.6 is 0 Å². The van der Waals surface area contributed by atoms with Crippen LogP contribution < -0.4 is 10.2 Å². The summed E-state index contributed by atoms with van der Waals surface area (Å²) < 4.78 is 1.73. The van der Waals surface area contributed by atoms with Gasteiger partial charge >= 0.3 is 0 Å². The molecule has 150 valence electrons. The molecule has 6 nitrogen and oxygen atoms in total. The number of rotatable bonds is 8. The van der Waals surface area contributed by atoms with Gasteiger partial charge in [0.05, 0.1) is 12.6 Å². The average molecular weight is 390 g/mol. The smallest absolute Gasteiger partial charge is 0.231 e. The molecule has 2 aromatic carbocycles. The highest BCUT2D eigenvalue weighted by molar-refractivity contribution is 5.95. The number of nitrogens with zero attached hydrogens (tertiary/aromatic N) is 3. The lowest BCUT2D eigenvalue weighted by molar-refractivity contribution is -0.118. The lowest BCUT2D eigenvalue weighted by atomic mass is 10.1. The third-order valence-electron chi connectivity index (χ3n) is 4.68. The zero-order valence-electron chi connectivity index (χ0n) is 16.8. The average Bonchev–Trinajstić information content (AvgIpc) is 3.14. The molecule has 1 N–H and O–H groups in total. The summed E-state index contributed by atoms with van der Waals surface area (Å²) in [5.41, 5.74) is 3.58. The van der Waals surface area contributed by atoms with Crippen LogP contribution in [0.5, 0.6) is 0 Å². The molecule has 0 fully saturated rings. The summed E-state index contributed by atoms with van der Waals surface area (Å²) in [5.74, 6) is 0.00544. The van der Waals surface area contributed by atoms with E-state index in [1.165, 1.54) is 0 Å². The van der Waals surface area contributed by atoms with E-state index in [4.69, 9.17) is 0 Å². The molecule has 0 aliphatic heterocycles. The number of benzene rings is 2. The molecule has 0 bridgehead atoms. The van der Waals surface area contributed by atoms with E-state index in [-0.39, 0.29) is 11.8 Å². The standard InChI is InChI=1S/C23H26N4O2/c1-3-27(21-7-5-4-6-8-21)23(29)15-18-9-12-20(13-10-18)25-22(28)14-11-19-16-24-26(2)17-19/h4-10,12-13,16-17H,3,11,14-15H2,1-2H3,(H,25,28). The largest absolute Gasteiger partial charge is 0.326 e. The fourth-order valence-electron chi connectivity index (χ4n) is 3.17. The van der Waals surface area contributed by atoms with Crippen LogP contribution in [0.3, 0.4) is 0 Å². The van der Waals surface area contributed by atoms with Crippen molar-refractivity contribution in [1.29, 1.82) is 0 Å². The van der Waals surface area contributed by atoms with Gasteiger partial charge in [0, 0.05) is 37.6 Å². The SMILES string of the molecule is CCN(C(=O)Cc1ccc(NC(=O)CCc2cnn(C)c2)cc1)c1ccccc1. The predicted octanol–water partition coefficient (Wildman–Crippen LogP) is 3.59. The molecule has 6 heteroatoms. The Morgan fingerprint density at radius 3 is 2.38 bits per heavy atom. The van der Waals surface area contributed by atoms with Crippen LogP contribution in [-0.4, -0.2) is 28.1 Å². The third-order valence-corrected chi connectivity index (χ3v) is 4.68. The summed E-state index contributed by atoms with van der Waals surface area (Å²) in [6.45, 7) is 2.59. The lowest BCUT2D eigenvalue weighted by Crippen LogP contribution is -2.31. The molecule has 2 amide bonds. The number of carbonyl (C=O) groups excluding carboxylic acids is 2. The van der Waals surface area contributed by atoms with Gasteiger partial charge in [0.15, 0.2) is 0 Å². The molecule has 0 saturated heterocycles. The van der Waals surface area contributed by atoms with Crippen LogP contribution in [0.1, 0.15) is 24.5 Å². The van der Waals surface area contributed by atoms with Crippen LogP contribution in [-0.2, 0) is 29.5 Å². The van der Waals surface area contributed by atoms with Gasteiger partial charge in [-0.2, -0.15) is 5.10 Å². The predicted molar refractivity (Wildman–Crippen MR) is 115 cm³/mol. The van der Waals surface area contributed by atoms with Gasteiger partial charge in [-0.3, -0.25) is 14.3 Å². The van der Waals surface area contributed by atoms with E-state index in [1.54, 1.807) is 15.8 Å². The minimum Gasteiger partial charge on any atom is -0.326 e. The van der Waals surface area contributed by atoms with Crippen molar-refractivity contribution in [2.75, 3.05) is 16.8 Å². The van der Waals surface area contributed by atoms with Gasteiger partial charge < -0.3 is 10.2 Å². The first-order valence-corrected chi connectivity index (χ1v) is 9.77. The van der Waals surface area contributed by atoms with E-state index >= 15 is 0 Å². The zero-order valence-corrected chi connectivity index (χ0v) is 16.8. The van der Waals surface area contributed by atoms with Crippen molar-refractivity contribution in [2.24, 2.45) is 7.05 Å². The van der Waals surface area contributed by atoms with Gasteiger partial charge in [-0.05, 0) is 48.7 Å². The molecule has 0 radical (unpaired) electrons. The summed E-state index contributed by atoms with van der Waals surface area (Å²) in [6.07, 6.45) is 5.05. The molecule has 1 aromatic heterocycles. The summed E-state index contributed by atoms with van der Waals surface area (Å²) in [5, 5.41) is 7.00. The molecule has 0 saturated carbocycles. The van der Waals surface area contributed by atoms with Crippen molar-refractivity contribution in [3.05, 3.63) is 78.1 Å². The second kappa shape index (κ2) is 9.68. The van der Waals surface area contributed by atoms with Crippen molar-refractivity contribution in [1.82, 2.24) is 9.78 Å². The minimum atomic E-state index is -0.0427. The van der Waals surface area contributed by atoms with Gasteiger partial charge in [0.25, 0.3) is 0 Å². The maximum absolute atomic E-state index is 12.7. The van der Waals surface area contributed by atoms with Crippen molar-refractivity contribution in [3.8, 4) is 0 Å². The topological polar surface area (TPSA) is 67.2 Å². The Hall–Kier alpha value is -3.41. The second-order valence-electron chi connectivity index (χ2n) is 6.92. The highest BCUT2D eigenvalue weighted by Crippen LogP contribution is 2.16. The second-order valence-corrected chi connectivity index (χ2v) is 6.92. The van der Waals surface area contributed by atoms with E-state index in [0.717, 1.165) is 22.5 Å². The molecule has 3 rings (SSSR count). The van der Waals surface area contributed by atoms with Gasteiger partial charge in [0.1, 0.15) is 0 Å². The van der Waals surface area contributed by atoms with E-state index in [1.807, 2.05) is 74.8 Å². The third kappa shape index (κ3) is 5.78. The number of nitrogens with one attached hydrogen (secondary N) is 1. The number of anilines is 2. The first-order valence-electron chi connectivity index (χ1n) is 9.77. The van der Waals surface area contributed by atoms with Crippen LogP contribution in [0.4, 0.5) is 11.4 Å². The summed E-state index contributed by atoms with van der Waals surface area (Å²) >= 11 is 0. The van der Waals surface area contributed by atoms with Crippen molar-refractivity contribution in [2.45, 2.75) is 26.2 Å². The molecule has 0 atom stereocenters. The maximum atomic E-state index is 12.7. The fraction of sp³-hybridized carbons (Fsp3) is 0.261. The molecule has 0 unspecified atom stereocenters. The first kappa shape index (κ1) is 20.3. The lowest BCUT2D eigenvalue weighted by Gasteiger charge is -2.21. The quantitative estimate of drug-likeness (QED) is 0.639. The normalized spacial score (nSPS) is 10.6. The Bertz CT molecular complexity index is 949. The molecule has 3 aromatic rings. The number of para-hydroxylation sites is 1. The number of hydrogen-bond acceptors (Lipinski definition) is 3. The van der Waals surface area contributed by atoms with Gasteiger partial charge in [0.2, 0.25) is 11.8 Å². The molecule has 0 aliphatic rings. The summed E-state index contributed by atoms with van der Waals surface area (Å²) in [7, 11) is 1.86. The Balaban J connectivity index is 1.52. The Kier molecular flexibility index (Phi) is 6.79. The molecule has 0 spiro atoms. The van der Waals surface area contributed by atoms with Gasteiger partial charge in [-0.15, -0.1) is 0 Å². The van der Waals surface area contributed by atoms with Crippen molar-refractivity contribution in [3.63, 3.8) is 0 Å². The van der Waals surface area contributed by atoms with Gasteiger partial charge in [-0.1, -0.05) is 30.3 Å². The molecular weight excluding hydrogens is 364 g/mol. The van der Waals surface area contributed by atoms with E-state index in [0.29, 0.717) is 25.8 Å². The highest BCUT2D eigenvalue weighted by Gasteiger charge is 2.14. The van der Waals surface area contributed by atoms with E-state index in [9.17, 15) is 9.59 Å². The number of carbonyl (C=O) groups is 2.